The molecule has 2 aliphatic heterocycles. The first-order valence-corrected chi connectivity index (χ1v) is 18.8. The number of aliphatic hydroxyl groups is 3. The van der Waals surface area contributed by atoms with E-state index in [0.717, 1.165) is 32.1 Å². The molecule has 0 aromatic rings. The number of rotatable bonds is 6. The summed E-state index contributed by atoms with van der Waals surface area (Å²) in [5.74, 6) is 1.64. The number of morpholine rings is 1. The molecule has 7 fully saturated rings. The highest BCUT2D eigenvalue weighted by Gasteiger charge is 2.84. The lowest BCUT2D eigenvalue weighted by Gasteiger charge is -2.64. The molecule has 1 amide bonds. The Bertz CT molecular complexity index is 1240. The minimum atomic E-state index is -1.26. The first kappa shape index (κ1) is 34.6. The van der Waals surface area contributed by atoms with Crippen molar-refractivity contribution < 1.29 is 34.3 Å². The Morgan fingerprint density at radius 2 is 1.74 bits per heavy atom. The molecule has 2 heterocycles. The van der Waals surface area contributed by atoms with E-state index in [1.54, 1.807) is 13.8 Å². The van der Waals surface area contributed by atoms with Gasteiger partial charge in [0.25, 0.3) is 0 Å². The summed E-state index contributed by atoms with van der Waals surface area (Å²) in [6, 6.07) is 0. The standard InChI is InChI=1S/C38H64N2O7/c1-22-18-23(31(42)34(4,5)44)46-30-29(22)35(6)14-15-38-21-37(38)13-12-26(47-28-20-40(16-17-45-28)27(41)19-39(8)9)33(2,3)24(37)10-11-25(38)36(35,7)32(30)43/h22-26,28-32,42-44H,10-21H2,1-9H3/t22-,23-,24+,25+,26?,28?,29?,30+,31?,32+,35-,36-,37?,38+/m1/s1. The molecule has 7 rings (SSSR count). The number of fused-ring (bicyclic) bond motifs is 4. The van der Waals surface area contributed by atoms with Crippen LogP contribution in [0.15, 0.2) is 0 Å². The third-order valence-electron chi connectivity index (χ3n) is 16.0. The SMILES string of the molecule is C[C@@H]1C[C@H](C(O)C(C)(C)O)O[C@H]2C1[C@@]1(C)CC[C@@]34CC35CCC(OC3CN(C(=O)CN(C)C)CCO3)C(C)(C)[C@@H]5CC[C@H]4[C@]1(C)[C@H]2O. The van der Waals surface area contributed by atoms with E-state index in [2.05, 4.69) is 34.6 Å². The van der Waals surface area contributed by atoms with Crippen LogP contribution in [0.5, 0.6) is 0 Å². The van der Waals surface area contributed by atoms with Crippen LogP contribution in [0, 0.1) is 50.7 Å². The number of hydrogen-bond donors (Lipinski definition) is 3. The Kier molecular flexibility index (Phi) is 8.17. The second-order valence-electron chi connectivity index (χ2n) is 19.2. The fraction of sp³-hybridized carbons (Fsp3) is 0.974. The van der Waals surface area contributed by atoms with E-state index >= 15 is 0 Å². The molecule has 0 aromatic heterocycles. The Morgan fingerprint density at radius 1 is 1.06 bits per heavy atom. The number of ether oxygens (including phenoxy) is 3. The van der Waals surface area contributed by atoms with Crippen molar-refractivity contribution in [3.8, 4) is 0 Å². The van der Waals surface area contributed by atoms with Gasteiger partial charge in [-0.3, -0.25) is 4.79 Å². The zero-order chi connectivity index (χ0) is 34.1. The summed E-state index contributed by atoms with van der Waals surface area (Å²) >= 11 is 0. The van der Waals surface area contributed by atoms with Crippen molar-refractivity contribution in [2.75, 3.05) is 40.3 Å². The third-order valence-corrected chi connectivity index (χ3v) is 16.0. The second-order valence-corrected chi connectivity index (χ2v) is 19.2. The second kappa shape index (κ2) is 11.1. The monoisotopic (exact) mass is 660 g/mol. The fourth-order valence-corrected chi connectivity index (χ4v) is 13.7. The van der Waals surface area contributed by atoms with Crippen LogP contribution in [0.3, 0.4) is 0 Å². The highest BCUT2D eigenvalue weighted by atomic mass is 16.7. The summed E-state index contributed by atoms with van der Waals surface area (Å²) in [6.07, 6.45) is 6.00. The van der Waals surface area contributed by atoms with E-state index in [9.17, 15) is 20.1 Å². The Balaban J connectivity index is 1.10. The van der Waals surface area contributed by atoms with Crippen LogP contribution in [0.1, 0.15) is 99.8 Å². The van der Waals surface area contributed by atoms with Gasteiger partial charge in [-0.2, -0.15) is 0 Å². The Morgan fingerprint density at radius 3 is 2.43 bits per heavy atom. The summed E-state index contributed by atoms with van der Waals surface area (Å²) < 4.78 is 19.6. The molecule has 268 valence electrons. The van der Waals surface area contributed by atoms with Crippen LogP contribution >= 0.6 is 0 Å². The van der Waals surface area contributed by atoms with Crippen molar-refractivity contribution in [3.05, 3.63) is 0 Å². The lowest BCUT2D eigenvalue weighted by molar-refractivity contribution is -0.248. The molecule has 0 bridgehead atoms. The van der Waals surface area contributed by atoms with Crippen molar-refractivity contribution in [1.29, 1.82) is 0 Å². The molecule has 0 aromatic carbocycles. The van der Waals surface area contributed by atoms with Gasteiger partial charge in [-0.05, 0) is 125 Å². The van der Waals surface area contributed by atoms with Gasteiger partial charge in [0.2, 0.25) is 5.91 Å². The molecule has 5 saturated carbocycles. The number of nitrogens with zero attached hydrogens (tertiary/aromatic N) is 2. The van der Waals surface area contributed by atoms with Crippen molar-refractivity contribution in [1.82, 2.24) is 9.80 Å². The summed E-state index contributed by atoms with van der Waals surface area (Å²) in [6.45, 7) is 17.3. The molecule has 9 heteroatoms. The molecule has 2 spiro atoms. The van der Waals surface area contributed by atoms with E-state index in [1.807, 2.05) is 23.9 Å². The number of hydrogen-bond acceptors (Lipinski definition) is 8. The van der Waals surface area contributed by atoms with Crippen LogP contribution in [-0.2, 0) is 19.0 Å². The maximum atomic E-state index is 12.8. The van der Waals surface area contributed by atoms with E-state index in [-0.39, 0.29) is 57.4 Å². The van der Waals surface area contributed by atoms with Crippen LogP contribution in [0.25, 0.3) is 0 Å². The van der Waals surface area contributed by atoms with Gasteiger partial charge < -0.3 is 39.3 Å². The van der Waals surface area contributed by atoms with Gasteiger partial charge in [0, 0.05) is 12.0 Å². The topological polar surface area (TPSA) is 112 Å². The first-order chi connectivity index (χ1) is 21.8. The van der Waals surface area contributed by atoms with Gasteiger partial charge >= 0.3 is 0 Å². The van der Waals surface area contributed by atoms with Gasteiger partial charge in [0.15, 0.2) is 6.29 Å². The van der Waals surface area contributed by atoms with Crippen LogP contribution < -0.4 is 0 Å². The maximum Gasteiger partial charge on any atom is 0.236 e. The molecular formula is C38H64N2O7. The van der Waals surface area contributed by atoms with Crippen molar-refractivity contribution in [2.24, 2.45) is 50.7 Å². The Hall–Kier alpha value is -0.810. The molecule has 9 nitrogen and oxygen atoms in total. The molecule has 7 aliphatic rings. The quantitative estimate of drug-likeness (QED) is 0.391. The lowest BCUT2D eigenvalue weighted by atomic mass is 9.41. The number of aliphatic hydroxyl groups excluding tert-OH is 2. The van der Waals surface area contributed by atoms with Gasteiger partial charge in [0.1, 0.15) is 6.10 Å². The van der Waals surface area contributed by atoms with E-state index in [4.69, 9.17) is 14.2 Å². The maximum absolute atomic E-state index is 12.8. The smallest absolute Gasteiger partial charge is 0.236 e. The van der Waals surface area contributed by atoms with Crippen LogP contribution in [-0.4, -0.2) is 114 Å². The number of amides is 1. The largest absolute Gasteiger partial charge is 0.390 e. The minimum Gasteiger partial charge on any atom is -0.390 e. The third kappa shape index (κ3) is 4.75. The average Bonchev–Trinajstić information content (AvgIpc) is 3.62. The molecule has 2 saturated heterocycles. The summed E-state index contributed by atoms with van der Waals surface area (Å²) in [5.41, 5.74) is -1.07. The van der Waals surface area contributed by atoms with Gasteiger partial charge in [-0.25, -0.2) is 0 Å². The van der Waals surface area contributed by atoms with Crippen LogP contribution in [0.2, 0.25) is 0 Å². The predicted molar refractivity (Wildman–Crippen MR) is 178 cm³/mol. The molecule has 0 radical (unpaired) electrons. The van der Waals surface area contributed by atoms with Crippen LogP contribution in [0.4, 0.5) is 0 Å². The molecule has 14 atom stereocenters. The predicted octanol–water partition coefficient (Wildman–Crippen LogP) is 4.06. The highest BCUT2D eigenvalue weighted by molar-refractivity contribution is 5.78. The van der Waals surface area contributed by atoms with E-state index in [1.165, 1.54) is 12.8 Å². The number of carbonyl (C=O) groups is 1. The van der Waals surface area contributed by atoms with Crippen molar-refractivity contribution in [2.45, 2.75) is 142 Å². The van der Waals surface area contributed by atoms with Gasteiger partial charge in [-0.1, -0.05) is 34.6 Å². The highest BCUT2D eigenvalue weighted by Crippen LogP contribution is 2.89. The summed E-state index contributed by atoms with van der Waals surface area (Å²) in [5, 5.41) is 34.1. The Labute approximate surface area is 283 Å². The molecule has 5 unspecified atom stereocenters. The molecular weight excluding hydrogens is 596 g/mol. The van der Waals surface area contributed by atoms with Gasteiger partial charge in [-0.15, -0.1) is 0 Å². The summed E-state index contributed by atoms with van der Waals surface area (Å²) in [4.78, 5) is 16.6. The number of likely N-dealkylation sites (N-methyl/N-ethyl adjacent to an activating group) is 1. The lowest BCUT2D eigenvalue weighted by Crippen LogP contribution is -2.60. The molecule has 47 heavy (non-hydrogen) atoms. The first-order valence-electron chi connectivity index (χ1n) is 18.8. The van der Waals surface area contributed by atoms with Crippen molar-refractivity contribution in [3.63, 3.8) is 0 Å². The van der Waals surface area contributed by atoms with Gasteiger partial charge in [0.05, 0.1) is 49.7 Å². The van der Waals surface area contributed by atoms with Crippen molar-refractivity contribution >= 4 is 5.91 Å². The normalized spacial score (nSPS) is 50.9. The zero-order valence-electron chi connectivity index (χ0n) is 30.6. The fourth-order valence-electron chi connectivity index (χ4n) is 13.7. The summed E-state index contributed by atoms with van der Waals surface area (Å²) in [7, 11) is 3.85. The van der Waals surface area contributed by atoms with E-state index < -0.39 is 23.9 Å². The molecule has 5 aliphatic carbocycles. The minimum absolute atomic E-state index is 0.0198. The average molecular weight is 661 g/mol. The zero-order valence-corrected chi connectivity index (χ0v) is 30.6. The number of carbonyl (C=O) groups excluding carboxylic acids is 1. The molecule has 3 N–H and O–H groups in total. The van der Waals surface area contributed by atoms with E-state index in [0.29, 0.717) is 50.4 Å².